The van der Waals surface area contributed by atoms with E-state index in [1.165, 1.54) is 12.8 Å². The molecule has 1 atom stereocenters. The quantitative estimate of drug-likeness (QED) is 0.836. The van der Waals surface area contributed by atoms with E-state index >= 15 is 0 Å². The molecule has 1 saturated carbocycles. The number of hydrogen-bond acceptors (Lipinski definition) is 3. The molecule has 1 aliphatic heterocycles. The molecule has 2 aliphatic rings. The molecule has 150 valence electrons. The minimum atomic E-state index is -3.00. The van der Waals surface area contributed by atoms with Gasteiger partial charge in [0.1, 0.15) is 23.2 Å². The van der Waals surface area contributed by atoms with E-state index in [2.05, 4.69) is 15.3 Å². The van der Waals surface area contributed by atoms with Crippen LogP contribution in [0.25, 0.3) is 11.0 Å². The van der Waals surface area contributed by atoms with Gasteiger partial charge in [0.05, 0.1) is 10.9 Å². The van der Waals surface area contributed by atoms with Crippen LogP contribution in [0, 0.1) is 11.2 Å². The van der Waals surface area contributed by atoms with E-state index in [0.29, 0.717) is 18.5 Å². The Morgan fingerprint density at radius 3 is 2.54 bits per heavy atom. The lowest BCUT2D eigenvalue weighted by Gasteiger charge is -2.33. The first kappa shape index (κ1) is 18.8. The average Bonchev–Trinajstić information content (AvgIpc) is 3.26. The third kappa shape index (κ3) is 3.33. The fourth-order valence-electron chi connectivity index (χ4n) is 3.82. The van der Waals surface area contributed by atoms with E-state index in [-0.39, 0.29) is 22.6 Å². The van der Waals surface area contributed by atoms with Crippen molar-refractivity contribution in [3.63, 3.8) is 0 Å². The lowest BCUT2D eigenvalue weighted by atomic mass is 9.93. The summed E-state index contributed by atoms with van der Waals surface area (Å²) in [6.45, 7) is 2.98. The Morgan fingerprint density at radius 1 is 1.25 bits per heavy atom. The lowest BCUT2D eigenvalue weighted by molar-refractivity contribution is -0.134. The number of carbonyl (C=O) groups excluding carboxylic acids is 2. The Bertz CT molecular complexity index is 929. The van der Waals surface area contributed by atoms with Gasteiger partial charge in [-0.15, -0.1) is 0 Å². The van der Waals surface area contributed by atoms with Gasteiger partial charge in [-0.2, -0.15) is 0 Å². The monoisotopic (exact) mass is 394 g/mol. The van der Waals surface area contributed by atoms with E-state index in [9.17, 15) is 22.8 Å². The molecule has 1 aliphatic carbocycles. The number of H-pyrrole nitrogens is 1. The zero-order chi connectivity index (χ0) is 20.1. The third-order valence-electron chi connectivity index (χ3n) is 5.91. The Kier molecular flexibility index (Phi) is 4.55. The number of fused-ring (bicyclic) bond motifs is 1. The predicted octanol–water partition coefficient (Wildman–Crippen LogP) is 3.16. The molecule has 2 amide bonds. The zero-order valence-corrected chi connectivity index (χ0v) is 15.4. The highest BCUT2D eigenvalue weighted by Crippen LogP contribution is 2.53. The summed E-state index contributed by atoms with van der Waals surface area (Å²) >= 11 is 0. The highest BCUT2D eigenvalue weighted by molar-refractivity contribution is 5.99. The van der Waals surface area contributed by atoms with Gasteiger partial charge in [0.25, 0.3) is 12.3 Å². The first-order valence-corrected chi connectivity index (χ1v) is 9.35. The van der Waals surface area contributed by atoms with Gasteiger partial charge in [0, 0.05) is 19.3 Å². The maximum atomic E-state index is 14.2. The van der Waals surface area contributed by atoms with Crippen LogP contribution >= 0.6 is 0 Å². The number of nitrogens with one attached hydrogen (secondary N) is 2. The lowest BCUT2D eigenvalue weighted by Crippen LogP contribution is -2.49. The van der Waals surface area contributed by atoms with Crippen molar-refractivity contribution < 1.29 is 22.8 Å². The van der Waals surface area contributed by atoms with Gasteiger partial charge >= 0.3 is 0 Å². The van der Waals surface area contributed by atoms with Crippen molar-refractivity contribution in [3.8, 4) is 0 Å². The Hall–Kier alpha value is -2.58. The Labute approximate surface area is 159 Å². The molecule has 28 heavy (non-hydrogen) atoms. The van der Waals surface area contributed by atoms with Gasteiger partial charge in [-0.05, 0) is 44.1 Å². The van der Waals surface area contributed by atoms with Crippen LogP contribution in [-0.4, -0.2) is 45.8 Å². The van der Waals surface area contributed by atoms with Crippen molar-refractivity contribution >= 4 is 22.8 Å². The van der Waals surface area contributed by atoms with E-state index in [1.54, 1.807) is 11.8 Å². The van der Waals surface area contributed by atoms with Gasteiger partial charge in [-0.3, -0.25) is 9.59 Å². The maximum Gasteiger partial charge on any atom is 0.268 e. The van der Waals surface area contributed by atoms with Crippen molar-refractivity contribution in [2.24, 2.45) is 5.41 Å². The summed E-state index contributed by atoms with van der Waals surface area (Å²) in [6, 6.07) is 0.384. The van der Waals surface area contributed by atoms with Gasteiger partial charge in [-0.25, -0.2) is 18.2 Å². The number of alkyl halides is 2. The van der Waals surface area contributed by atoms with Crippen molar-refractivity contribution in [1.29, 1.82) is 0 Å². The number of aromatic amines is 1. The molecule has 0 radical (unpaired) electrons. The zero-order valence-electron chi connectivity index (χ0n) is 15.4. The third-order valence-corrected chi connectivity index (χ3v) is 5.91. The summed E-state index contributed by atoms with van der Waals surface area (Å²) in [5, 5.41) is 2.40. The highest BCUT2D eigenvalue weighted by Gasteiger charge is 2.45. The molecule has 6 nitrogen and oxygen atoms in total. The maximum absolute atomic E-state index is 14.2. The van der Waals surface area contributed by atoms with Crippen LogP contribution in [-0.2, 0) is 4.79 Å². The molecule has 9 heteroatoms. The summed E-state index contributed by atoms with van der Waals surface area (Å²) in [5.74, 6) is -1.89. The van der Waals surface area contributed by atoms with Crippen LogP contribution in [0.3, 0.4) is 0 Å². The van der Waals surface area contributed by atoms with Gasteiger partial charge < -0.3 is 15.2 Å². The number of pyridine rings is 1. The second-order valence-electron chi connectivity index (χ2n) is 7.79. The summed E-state index contributed by atoms with van der Waals surface area (Å²) < 4.78 is 39.8. The second-order valence-corrected chi connectivity index (χ2v) is 7.79. The molecule has 3 heterocycles. The van der Waals surface area contributed by atoms with Crippen LogP contribution in [0.5, 0.6) is 0 Å². The smallest absolute Gasteiger partial charge is 0.268 e. The van der Waals surface area contributed by atoms with E-state index in [1.807, 2.05) is 0 Å². The molecule has 1 saturated heterocycles. The topological polar surface area (TPSA) is 78.1 Å². The molecule has 0 bridgehead atoms. The molecule has 0 unspecified atom stereocenters. The van der Waals surface area contributed by atoms with Crippen molar-refractivity contribution in [3.05, 3.63) is 29.3 Å². The van der Waals surface area contributed by atoms with E-state index in [0.717, 1.165) is 25.1 Å². The van der Waals surface area contributed by atoms with Crippen molar-refractivity contribution in [1.82, 2.24) is 20.2 Å². The largest absolute Gasteiger partial charge is 0.341 e. The van der Waals surface area contributed by atoms with Crippen molar-refractivity contribution in [2.45, 2.75) is 45.1 Å². The number of hydrogen-bond donors (Lipinski definition) is 2. The van der Waals surface area contributed by atoms with Crippen LogP contribution in [0.1, 0.15) is 55.1 Å². The van der Waals surface area contributed by atoms with Gasteiger partial charge in [0.2, 0.25) is 5.91 Å². The number of amides is 2. The van der Waals surface area contributed by atoms with E-state index < -0.39 is 29.8 Å². The number of halogens is 3. The number of carbonyl (C=O) groups is 2. The molecule has 2 N–H and O–H groups in total. The number of nitrogens with zero attached hydrogens (tertiary/aromatic N) is 2. The number of piperidine rings is 1. The minimum Gasteiger partial charge on any atom is -0.341 e. The standard InChI is InChI=1S/C19H21F3N4O2/c1-10(18(28)26-6-4-19(2-3-19)5-7-26)24-17(27)13-8-11-14(20)12(15(21)22)9-23-16(11)25-13/h8-10,15H,2-7H2,1H3,(H,23,25)(H,24,27)/t10-/m1/s1. The first-order chi connectivity index (χ1) is 13.3. The first-order valence-electron chi connectivity index (χ1n) is 9.35. The summed E-state index contributed by atoms with van der Waals surface area (Å²) in [6.07, 6.45) is 2.22. The molecule has 2 aromatic heterocycles. The fraction of sp³-hybridized carbons (Fsp3) is 0.526. The summed E-state index contributed by atoms with van der Waals surface area (Å²) in [7, 11) is 0. The molecule has 1 spiro atoms. The molecular formula is C19H21F3N4O2. The minimum absolute atomic E-state index is 0.00297. The molecule has 0 aromatic carbocycles. The van der Waals surface area contributed by atoms with Crippen LogP contribution in [0.15, 0.2) is 12.3 Å². The van der Waals surface area contributed by atoms with Crippen molar-refractivity contribution in [2.75, 3.05) is 13.1 Å². The SMILES string of the molecule is C[C@@H](NC(=O)c1cc2c(F)c(C(F)F)cnc2[nH]1)C(=O)N1CCC2(CC1)CC2. The Morgan fingerprint density at radius 2 is 1.93 bits per heavy atom. The average molecular weight is 394 g/mol. The van der Waals surface area contributed by atoms with Crippen LogP contribution in [0.2, 0.25) is 0 Å². The van der Waals surface area contributed by atoms with Crippen LogP contribution in [0.4, 0.5) is 13.2 Å². The molecular weight excluding hydrogens is 373 g/mol. The molecule has 2 fully saturated rings. The predicted molar refractivity (Wildman–Crippen MR) is 95.4 cm³/mol. The normalized spacial score (nSPS) is 19.2. The number of aromatic nitrogens is 2. The number of rotatable bonds is 4. The van der Waals surface area contributed by atoms with Crippen LogP contribution < -0.4 is 5.32 Å². The van der Waals surface area contributed by atoms with E-state index in [4.69, 9.17) is 0 Å². The second kappa shape index (κ2) is 6.79. The highest BCUT2D eigenvalue weighted by atomic mass is 19.3. The van der Waals surface area contributed by atoms with Gasteiger partial charge in [0.15, 0.2) is 0 Å². The summed E-state index contributed by atoms with van der Waals surface area (Å²) in [5.41, 5.74) is -0.415. The fourth-order valence-corrected chi connectivity index (χ4v) is 3.82. The van der Waals surface area contributed by atoms with Gasteiger partial charge in [-0.1, -0.05) is 0 Å². The molecule has 4 rings (SSSR count). The summed E-state index contributed by atoms with van der Waals surface area (Å²) in [4.78, 5) is 33.1. The number of likely N-dealkylation sites (tertiary alicyclic amines) is 1. The Balaban J connectivity index is 1.44. The molecule has 2 aromatic rings.